The van der Waals surface area contributed by atoms with E-state index < -0.39 is 16.0 Å². The van der Waals surface area contributed by atoms with Crippen molar-refractivity contribution in [2.45, 2.75) is 25.3 Å². The Balaban J connectivity index is 3.00. The minimum absolute atomic E-state index is 0.0163. The molecule has 1 aromatic rings. The van der Waals surface area contributed by atoms with Crippen LogP contribution in [0.5, 0.6) is 0 Å². The Morgan fingerprint density at radius 2 is 2.22 bits per heavy atom. The summed E-state index contributed by atoms with van der Waals surface area (Å²) < 4.78 is 30.0. The molecule has 7 nitrogen and oxygen atoms in total. The van der Waals surface area contributed by atoms with Gasteiger partial charge in [-0.25, -0.2) is 13.4 Å². The van der Waals surface area contributed by atoms with Gasteiger partial charge in [0.25, 0.3) is 10.0 Å². The highest BCUT2D eigenvalue weighted by atomic mass is 32.2. The Bertz CT molecular complexity index is 509. The largest absolute Gasteiger partial charge is 0.468 e. The zero-order valence-electron chi connectivity index (χ0n) is 10.6. The van der Waals surface area contributed by atoms with Crippen LogP contribution in [0.15, 0.2) is 11.2 Å². The number of H-pyrrole nitrogens is 1. The first-order valence-corrected chi connectivity index (χ1v) is 6.94. The summed E-state index contributed by atoms with van der Waals surface area (Å²) in [5.41, 5.74) is 0. The lowest BCUT2D eigenvalue weighted by molar-refractivity contribution is -0.140. The number of hydrogen-bond donors (Lipinski definition) is 1. The molecule has 0 atom stereocenters. The summed E-state index contributed by atoms with van der Waals surface area (Å²) in [6.45, 7) is 3.43. The van der Waals surface area contributed by atoms with Crippen molar-refractivity contribution in [2.24, 2.45) is 0 Å². The van der Waals surface area contributed by atoms with Crippen molar-refractivity contribution in [1.29, 1.82) is 0 Å². The quantitative estimate of drug-likeness (QED) is 0.753. The monoisotopic (exact) mass is 275 g/mol. The zero-order chi connectivity index (χ0) is 13.8. The van der Waals surface area contributed by atoms with Gasteiger partial charge < -0.3 is 9.72 Å². The van der Waals surface area contributed by atoms with Gasteiger partial charge in [-0.05, 0) is 13.3 Å². The Morgan fingerprint density at radius 3 is 2.67 bits per heavy atom. The second kappa shape index (κ2) is 5.96. The maximum Gasteiger partial charge on any atom is 0.321 e. The molecule has 0 saturated carbocycles. The molecule has 1 heterocycles. The number of hydrogen-bond acceptors (Lipinski definition) is 5. The van der Waals surface area contributed by atoms with Crippen molar-refractivity contribution in [3.05, 3.63) is 12.0 Å². The molecule has 8 heteroatoms. The van der Waals surface area contributed by atoms with E-state index in [2.05, 4.69) is 14.7 Å². The minimum atomic E-state index is -3.73. The lowest BCUT2D eigenvalue weighted by Crippen LogP contribution is -2.37. The van der Waals surface area contributed by atoms with Gasteiger partial charge in [0.05, 0.1) is 13.3 Å². The van der Waals surface area contributed by atoms with Crippen LogP contribution in [0.4, 0.5) is 0 Å². The number of rotatable bonds is 6. The lowest BCUT2D eigenvalue weighted by Gasteiger charge is -2.19. The molecule has 0 bridgehead atoms. The van der Waals surface area contributed by atoms with Crippen LogP contribution in [-0.2, 0) is 19.6 Å². The Morgan fingerprint density at radius 1 is 1.56 bits per heavy atom. The molecule has 1 N–H and O–H groups in total. The standard InChI is InChI=1S/C10H17N3O4S/c1-4-5-13(7-10(14)17-3)18(15,16)9-6-11-8(2)12-9/h6H,4-5,7H2,1-3H3,(H,11,12). The molecule has 18 heavy (non-hydrogen) atoms. The number of imidazole rings is 1. The molecule has 0 saturated heterocycles. The van der Waals surface area contributed by atoms with Crippen molar-refractivity contribution in [3.8, 4) is 0 Å². The normalized spacial score (nSPS) is 11.8. The second-order valence-corrected chi connectivity index (χ2v) is 5.65. The fraction of sp³-hybridized carbons (Fsp3) is 0.600. The molecular weight excluding hydrogens is 258 g/mol. The third-order valence-electron chi connectivity index (χ3n) is 2.30. The molecule has 0 aromatic carbocycles. The SMILES string of the molecule is CCCN(CC(=O)OC)S(=O)(=O)c1cnc(C)[nH]1. The highest BCUT2D eigenvalue weighted by molar-refractivity contribution is 7.89. The number of carbonyl (C=O) groups is 1. The van der Waals surface area contributed by atoms with Gasteiger partial charge in [0.15, 0.2) is 5.03 Å². The van der Waals surface area contributed by atoms with E-state index in [1.807, 2.05) is 6.92 Å². The van der Waals surface area contributed by atoms with Gasteiger partial charge in [-0.15, -0.1) is 0 Å². The zero-order valence-corrected chi connectivity index (χ0v) is 11.5. The predicted octanol–water partition coefficient (Wildman–Crippen LogP) is 0.292. The van der Waals surface area contributed by atoms with Crippen molar-refractivity contribution in [2.75, 3.05) is 20.2 Å². The van der Waals surface area contributed by atoms with Crippen LogP contribution in [0.25, 0.3) is 0 Å². The summed E-state index contributed by atoms with van der Waals surface area (Å²) in [4.78, 5) is 17.7. The van der Waals surface area contributed by atoms with Crippen molar-refractivity contribution >= 4 is 16.0 Å². The first-order chi connectivity index (χ1) is 8.41. The number of aromatic nitrogens is 2. The van der Waals surface area contributed by atoms with Gasteiger partial charge in [-0.3, -0.25) is 4.79 Å². The number of aromatic amines is 1. The Labute approximate surface area is 106 Å². The number of sulfonamides is 1. The van der Waals surface area contributed by atoms with Crippen LogP contribution in [0, 0.1) is 6.92 Å². The third-order valence-corrected chi connectivity index (χ3v) is 4.06. The average molecular weight is 275 g/mol. The summed E-state index contributed by atoms with van der Waals surface area (Å²) in [5.74, 6) is -0.0913. The maximum atomic E-state index is 12.2. The number of carbonyl (C=O) groups excluding carboxylic acids is 1. The minimum Gasteiger partial charge on any atom is -0.468 e. The summed E-state index contributed by atoms with van der Waals surface area (Å²) >= 11 is 0. The van der Waals surface area contributed by atoms with Crippen LogP contribution in [0.3, 0.4) is 0 Å². The Kier molecular flexibility index (Phi) is 4.85. The molecular formula is C10H17N3O4S. The first kappa shape index (κ1) is 14.7. The van der Waals surface area contributed by atoms with Gasteiger partial charge in [0.1, 0.15) is 12.4 Å². The number of nitrogens with one attached hydrogen (secondary N) is 1. The average Bonchev–Trinajstić information content (AvgIpc) is 2.75. The molecule has 1 aromatic heterocycles. The maximum absolute atomic E-state index is 12.2. The van der Waals surface area contributed by atoms with Crippen molar-refractivity contribution in [3.63, 3.8) is 0 Å². The molecule has 0 amide bonds. The van der Waals surface area contributed by atoms with Gasteiger partial charge in [-0.2, -0.15) is 4.31 Å². The fourth-order valence-electron chi connectivity index (χ4n) is 1.41. The van der Waals surface area contributed by atoms with Gasteiger partial charge in [0.2, 0.25) is 0 Å². The van der Waals surface area contributed by atoms with Crippen molar-refractivity contribution < 1.29 is 17.9 Å². The summed E-state index contributed by atoms with van der Waals surface area (Å²) in [6, 6.07) is 0. The number of ether oxygens (including phenoxy) is 1. The fourth-order valence-corrected chi connectivity index (χ4v) is 2.85. The highest BCUT2D eigenvalue weighted by Gasteiger charge is 2.27. The van der Waals surface area contributed by atoms with E-state index in [1.54, 1.807) is 6.92 Å². The van der Waals surface area contributed by atoms with Crippen LogP contribution < -0.4 is 0 Å². The van der Waals surface area contributed by atoms with E-state index in [1.165, 1.54) is 13.3 Å². The number of aryl methyl sites for hydroxylation is 1. The van der Waals surface area contributed by atoms with E-state index >= 15 is 0 Å². The molecule has 102 valence electrons. The smallest absolute Gasteiger partial charge is 0.321 e. The lowest BCUT2D eigenvalue weighted by atomic mass is 10.5. The van der Waals surface area contributed by atoms with E-state index in [9.17, 15) is 13.2 Å². The summed E-state index contributed by atoms with van der Waals surface area (Å²) in [7, 11) is -2.51. The number of nitrogens with zero attached hydrogens (tertiary/aromatic N) is 2. The van der Waals surface area contributed by atoms with Gasteiger partial charge >= 0.3 is 5.97 Å². The van der Waals surface area contributed by atoms with E-state index in [4.69, 9.17) is 0 Å². The molecule has 0 fully saturated rings. The highest BCUT2D eigenvalue weighted by Crippen LogP contribution is 2.13. The molecule has 0 aliphatic rings. The van der Waals surface area contributed by atoms with Crippen LogP contribution in [-0.4, -0.2) is 48.9 Å². The van der Waals surface area contributed by atoms with Gasteiger partial charge in [0, 0.05) is 6.54 Å². The van der Waals surface area contributed by atoms with E-state index in [0.29, 0.717) is 12.2 Å². The molecule has 0 aliphatic heterocycles. The molecule has 0 unspecified atom stereocenters. The van der Waals surface area contributed by atoms with Crippen LogP contribution in [0.1, 0.15) is 19.2 Å². The topological polar surface area (TPSA) is 92.4 Å². The molecule has 0 aliphatic carbocycles. The van der Waals surface area contributed by atoms with E-state index in [-0.39, 0.29) is 18.1 Å². The molecule has 0 radical (unpaired) electrons. The summed E-state index contributed by atoms with van der Waals surface area (Å²) in [6.07, 6.45) is 1.84. The first-order valence-electron chi connectivity index (χ1n) is 5.50. The number of methoxy groups -OCH3 is 1. The van der Waals surface area contributed by atoms with Crippen molar-refractivity contribution in [1.82, 2.24) is 14.3 Å². The third kappa shape index (κ3) is 3.30. The van der Waals surface area contributed by atoms with Gasteiger partial charge in [-0.1, -0.05) is 6.92 Å². The summed E-state index contributed by atoms with van der Waals surface area (Å²) in [5, 5.41) is -0.0163. The number of esters is 1. The van der Waals surface area contributed by atoms with Crippen LogP contribution >= 0.6 is 0 Å². The molecule has 1 rings (SSSR count). The molecule has 0 spiro atoms. The Hall–Kier alpha value is -1.41. The van der Waals surface area contributed by atoms with Crippen LogP contribution in [0.2, 0.25) is 0 Å². The van der Waals surface area contributed by atoms with E-state index in [0.717, 1.165) is 4.31 Å². The predicted molar refractivity (Wildman–Crippen MR) is 64.4 cm³/mol. The second-order valence-electron chi connectivity index (χ2n) is 3.75.